The van der Waals surface area contributed by atoms with Crippen LogP contribution >= 0.6 is 0 Å². The molecule has 4 rings (SSSR count). The van der Waals surface area contributed by atoms with E-state index in [1.54, 1.807) is 7.11 Å². The van der Waals surface area contributed by atoms with E-state index in [1.165, 1.54) is 5.69 Å². The minimum Gasteiger partial charge on any atom is -0.497 e. The maximum atomic E-state index is 5.24. The van der Waals surface area contributed by atoms with E-state index in [9.17, 15) is 0 Å². The van der Waals surface area contributed by atoms with E-state index in [2.05, 4.69) is 50.5 Å². The molecule has 1 fully saturated rings. The summed E-state index contributed by atoms with van der Waals surface area (Å²) in [5.41, 5.74) is 3.43. The molecule has 1 aliphatic rings. The van der Waals surface area contributed by atoms with Crippen LogP contribution in [0.4, 0.5) is 5.69 Å². The first-order chi connectivity index (χ1) is 14.3. The molecule has 2 aromatic carbocycles. The van der Waals surface area contributed by atoms with Crippen molar-refractivity contribution in [3.8, 4) is 11.4 Å². The number of nitrogens with one attached hydrogen (secondary N) is 1. The smallest absolute Gasteiger partial charge is 0.119 e. The summed E-state index contributed by atoms with van der Waals surface area (Å²) in [6, 6.07) is 20.6. The van der Waals surface area contributed by atoms with Gasteiger partial charge in [0.2, 0.25) is 0 Å². The molecule has 1 aromatic heterocycles. The fraction of sp³-hybridized carbons (Fsp3) is 0.348. The van der Waals surface area contributed by atoms with Crippen molar-refractivity contribution in [3.63, 3.8) is 0 Å². The third-order valence-electron chi connectivity index (χ3n) is 5.39. The van der Waals surface area contributed by atoms with Crippen molar-refractivity contribution in [2.75, 3.05) is 51.3 Å². The molecule has 0 radical (unpaired) electrons. The van der Waals surface area contributed by atoms with E-state index in [-0.39, 0.29) is 0 Å². The number of hydrogen-bond donors (Lipinski definition) is 1. The molecule has 152 valence electrons. The average Bonchev–Trinajstić information content (AvgIpc) is 3.27. The van der Waals surface area contributed by atoms with Crippen LogP contribution in [0, 0.1) is 0 Å². The van der Waals surface area contributed by atoms with Crippen molar-refractivity contribution < 1.29 is 4.74 Å². The standard InChI is InChI=1S/C23H29N5O/c1-29-23-9-7-21(8-10-23)27-17-15-26(16-18-27)14-12-24-19-20-11-13-28(25-20)22-5-3-2-4-6-22/h2-11,13,24H,12,14-19H2,1H3. The summed E-state index contributed by atoms with van der Waals surface area (Å²) in [4.78, 5) is 4.97. The van der Waals surface area contributed by atoms with Gasteiger partial charge < -0.3 is 15.0 Å². The van der Waals surface area contributed by atoms with Crippen LogP contribution in [0.2, 0.25) is 0 Å². The second-order valence-electron chi connectivity index (χ2n) is 7.29. The number of rotatable bonds is 8. The Labute approximate surface area is 172 Å². The Morgan fingerprint density at radius 2 is 1.66 bits per heavy atom. The van der Waals surface area contributed by atoms with Crippen LogP contribution in [-0.2, 0) is 6.54 Å². The van der Waals surface area contributed by atoms with Crippen LogP contribution in [0.25, 0.3) is 5.69 Å². The maximum absolute atomic E-state index is 5.24. The minimum atomic E-state index is 0.797. The highest BCUT2D eigenvalue weighted by Gasteiger charge is 2.16. The maximum Gasteiger partial charge on any atom is 0.119 e. The zero-order chi connectivity index (χ0) is 19.9. The lowest BCUT2D eigenvalue weighted by atomic mass is 10.2. The van der Waals surface area contributed by atoms with E-state index in [1.807, 2.05) is 41.2 Å². The molecule has 0 unspecified atom stereocenters. The Morgan fingerprint density at radius 1 is 0.897 bits per heavy atom. The molecule has 0 bridgehead atoms. The van der Waals surface area contributed by atoms with Crippen molar-refractivity contribution in [1.82, 2.24) is 20.0 Å². The summed E-state index contributed by atoms with van der Waals surface area (Å²) in [6.07, 6.45) is 2.02. The van der Waals surface area contributed by atoms with Gasteiger partial charge in [0.25, 0.3) is 0 Å². The van der Waals surface area contributed by atoms with Crippen molar-refractivity contribution in [1.29, 1.82) is 0 Å². The molecule has 1 aliphatic heterocycles. The first kappa shape index (κ1) is 19.5. The van der Waals surface area contributed by atoms with Crippen molar-refractivity contribution >= 4 is 5.69 Å². The highest BCUT2D eigenvalue weighted by Crippen LogP contribution is 2.20. The lowest BCUT2D eigenvalue weighted by Crippen LogP contribution is -2.48. The molecule has 0 saturated carbocycles. The molecule has 29 heavy (non-hydrogen) atoms. The van der Waals surface area contributed by atoms with E-state index < -0.39 is 0 Å². The van der Waals surface area contributed by atoms with Crippen LogP contribution in [0.5, 0.6) is 5.75 Å². The monoisotopic (exact) mass is 391 g/mol. The van der Waals surface area contributed by atoms with Crippen LogP contribution in [0.1, 0.15) is 5.69 Å². The summed E-state index contributed by atoms with van der Waals surface area (Å²) in [6.45, 7) is 7.15. The van der Waals surface area contributed by atoms with Gasteiger partial charge in [-0.05, 0) is 42.5 Å². The van der Waals surface area contributed by atoms with E-state index in [0.29, 0.717) is 0 Å². The third kappa shape index (κ3) is 5.16. The summed E-state index contributed by atoms with van der Waals surface area (Å²) in [5, 5.41) is 8.17. The molecule has 0 amide bonds. The van der Waals surface area contributed by atoms with Gasteiger partial charge in [0.05, 0.1) is 18.5 Å². The summed E-state index contributed by atoms with van der Waals surface area (Å²) < 4.78 is 7.17. The third-order valence-corrected chi connectivity index (χ3v) is 5.39. The molecule has 3 aromatic rings. The molecule has 1 N–H and O–H groups in total. The van der Waals surface area contributed by atoms with Crippen LogP contribution in [0.15, 0.2) is 66.9 Å². The fourth-order valence-electron chi connectivity index (χ4n) is 3.66. The van der Waals surface area contributed by atoms with Crippen LogP contribution in [0.3, 0.4) is 0 Å². The lowest BCUT2D eigenvalue weighted by molar-refractivity contribution is 0.257. The SMILES string of the molecule is COc1ccc(N2CCN(CCNCc3ccn(-c4ccccc4)n3)CC2)cc1. The Hall–Kier alpha value is -2.83. The van der Waals surface area contributed by atoms with Gasteiger partial charge in [-0.15, -0.1) is 0 Å². The normalized spacial score (nSPS) is 14.9. The number of methoxy groups -OCH3 is 1. The van der Waals surface area contributed by atoms with E-state index >= 15 is 0 Å². The second kappa shape index (κ2) is 9.58. The van der Waals surface area contributed by atoms with Crippen molar-refractivity contribution in [3.05, 3.63) is 72.6 Å². The van der Waals surface area contributed by atoms with Gasteiger partial charge in [-0.3, -0.25) is 4.90 Å². The lowest BCUT2D eigenvalue weighted by Gasteiger charge is -2.36. The highest BCUT2D eigenvalue weighted by molar-refractivity contribution is 5.49. The number of aromatic nitrogens is 2. The van der Waals surface area contributed by atoms with Gasteiger partial charge in [0.15, 0.2) is 0 Å². The molecule has 6 nitrogen and oxygen atoms in total. The van der Waals surface area contributed by atoms with E-state index in [4.69, 9.17) is 4.74 Å². The first-order valence-electron chi connectivity index (χ1n) is 10.2. The van der Waals surface area contributed by atoms with Crippen LogP contribution in [-0.4, -0.2) is 61.1 Å². The predicted octanol–water partition coefficient (Wildman–Crippen LogP) is 2.79. The van der Waals surface area contributed by atoms with Gasteiger partial charge in [-0.2, -0.15) is 5.10 Å². The number of piperazine rings is 1. The highest BCUT2D eigenvalue weighted by atomic mass is 16.5. The summed E-state index contributed by atoms with van der Waals surface area (Å²) in [5.74, 6) is 0.909. The number of ether oxygens (including phenoxy) is 1. The molecule has 6 heteroatoms. The van der Waals surface area contributed by atoms with Gasteiger partial charge in [-0.1, -0.05) is 18.2 Å². The van der Waals surface area contributed by atoms with Gasteiger partial charge >= 0.3 is 0 Å². The quantitative estimate of drug-likeness (QED) is 0.599. The van der Waals surface area contributed by atoms with Gasteiger partial charge in [-0.25, -0.2) is 4.68 Å². The number of anilines is 1. The minimum absolute atomic E-state index is 0.797. The molecule has 1 saturated heterocycles. The number of benzene rings is 2. The van der Waals surface area contributed by atoms with Gasteiger partial charge in [0.1, 0.15) is 5.75 Å². The number of nitrogens with zero attached hydrogens (tertiary/aromatic N) is 4. The zero-order valence-electron chi connectivity index (χ0n) is 17.0. The Bertz CT molecular complexity index is 870. The van der Waals surface area contributed by atoms with E-state index in [0.717, 1.165) is 62.9 Å². The molecule has 2 heterocycles. The molecular formula is C23H29N5O. The fourth-order valence-corrected chi connectivity index (χ4v) is 3.66. The second-order valence-corrected chi connectivity index (χ2v) is 7.29. The van der Waals surface area contributed by atoms with Gasteiger partial charge in [0, 0.05) is 57.7 Å². The molecular weight excluding hydrogens is 362 g/mol. The Kier molecular flexibility index (Phi) is 6.44. The predicted molar refractivity (Wildman–Crippen MR) is 117 cm³/mol. The topological polar surface area (TPSA) is 45.6 Å². The molecule has 0 spiro atoms. The van der Waals surface area contributed by atoms with Crippen molar-refractivity contribution in [2.45, 2.75) is 6.54 Å². The number of hydrogen-bond acceptors (Lipinski definition) is 5. The zero-order valence-corrected chi connectivity index (χ0v) is 17.0. The summed E-state index contributed by atoms with van der Waals surface area (Å²) >= 11 is 0. The van der Waals surface area contributed by atoms with Crippen molar-refractivity contribution in [2.24, 2.45) is 0 Å². The average molecular weight is 392 g/mol. The Balaban J connectivity index is 1.16. The molecule has 0 aliphatic carbocycles. The largest absolute Gasteiger partial charge is 0.497 e. The Morgan fingerprint density at radius 3 is 2.38 bits per heavy atom. The summed E-state index contributed by atoms with van der Waals surface area (Å²) in [7, 11) is 1.71. The molecule has 0 atom stereocenters. The first-order valence-corrected chi connectivity index (χ1v) is 10.2. The van der Waals surface area contributed by atoms with Crippen LogP contribution < -0.4 is 15.0 Å². The number of para-hydroxylation sites is 1.